The lowest BCUT2D eigenvalue weighted by atomic mass is 10.0. The van der Waals surface area contributed by atoms with Gasteiger partial charge in [0.15, 0.2) is 0 Å². The minimum atomic E-state index is 0.116. The first kappa shape index (κ1) is 13.9. The molecule has 0 heterocycles. The molecule has 0 saturated heterocycles. The Morgan fingerprint density at radius 3 is 2.43 bits per heavy atom. The van der Waals surface area contributed by atoms with Gasteiger partial charge >= 0.3 is 0 Å². The van der Waals surface area contributed by atoms with Crippen LogP contribution in [0.5, 0.6) is 0 Å². The lowest BCUT2D eigenvalue weighted by Crippen LogP contribution is -2.31. The van der Waals surface area contributed by atoms with Gasteiger partial charge in [-0.05, 0) is 42.4 Å². The van der Waals surface area contributed by atoms with Gasteiger partial charge in [0.05, 0.1) is 12.5 Å². The summed E-state index contributed by atoms with van der Waals surface area (Å²) in [6, 6.07) is 18.6. The van der Waals surface area contributed by atoms with Crippen molar-refractivity contribution in [2.45, 2.75) is 32.2 Å². The van der Waals surface area contributed by atoms with Crippen molar-refractivity contribution in [3.05, 3.63) is 71.3 Å². The van der Waals surface area contributed by atoms with Crippen molar-refractivity contribution in [2.24, 2.45) is 5.92 Å². The molecule has 2 aromatic rings. The number of rotatable bonds is 5. The topological polar surface area (TPSA) is 29.1 Å². The summed E-state index contributed by atoms with van der Waals surface area (Å²) in [6.07, 6.45) is 2.89. The van der Waals surface area contributed by atoms with Crippen molar-refractivity contribution >= 4 is 5.91 Å². The second-order valence-electron chi connectivity index (χ2n) is 5.90. The van der Waals surface area contributed by atoms with Crippen LogP contribution < -0.4 is 5.32 Å². The van der Waals surface area contributed by atoms with Crippen LogP contribution >= 0.6 is 0 Å². The second kappa shape index (κ2) is 6.13. The summed E-state index contributed by atoms with van der Waals surface area (Å²) in [7, 11) is 0. The molecule has 1 atom stereocenters. The maximum absolute atomic E-state index is 12.4. The van der Waals surface area contributed by atoms with E-state index in [1.54, 1.807) is 0 Å². The van der Waals surface area contributed by atoms with Crippen LogP contribution in [0, 0.1) is 12.8 Å². The lowest BCUT2D eigenvalue weighted by Gasteiger charge is -2.19. The van der Waals surface area contributed by atoms with E-state index in [4.69, 9.17) is 0 Å². The molecule has 0 aliphatic heterocycles. The molecule has 1 aliphatic carbocycles. The van der Waals surface area contributed by atoms with Crippen molar-refractivity contribution in [3.8, 4) is 0 Å². The zero-order valence-corrected chi connectivity index (χ0v) is 12.4. The van der Waals surface area contributed by atoms with E-state index in [-0.39, 0.29) is 11.9 Å². The molecule has 108 valence electrons. The van der Waals surface area contributed by atoms with Crippen LogP contribution in [0.15, 0.2) is 54.6 Å². The van der Waals surface area contributed by atoms with Crippen LogP contribution in [0.1, 0.15) is 35.6 Å². The maximum Gasteiger partial charge on any atom is 0.224 e. The van der Waals surface area contributed by atoms with Gasteiger partial charge in [-0.15, -0.1) is 0 Å². The molecule has 0 spiro atoms. The first-order valence-electron chi connectivity index (χ1n) is 7.63. The molecule has 1 fully saturated rings. The van der Waals surface area contributed by atoms with E-state index in [0.29, 0.717) is 12.3 Å². The Morgan fingerprint density at radius 1 is 1.10 bits per heavy atom. The molecule has 1 amide bonds. The summed E-state index contributed by atoms with van der Waals surface area (Å²) in [5.41, 5.74) is 3.51. The monoisotopic (exact) mass is 279 g/mol. The molecule has 0 bridgehead atoms. The van der Waals surface area contributed by atoms with Gasteiger partial charge < -0.3 is 5.32 Å². The summed E-state index contributed by atoms with van der Waals surface area (Å²) in [5, 5.41) is 3.23. The number of hydrogen-bond donors (Lipinski definition) is 1. The van der Waals surface area contributed by atoms with Crippen LogP contribution in [0.3, 0.4) is 0 Å². The lowest BCUT2D eigenvalue weighted by molar-refractivity contribution is -0.121. The van der Waals surface area contributed by atoms with Gasteiger partial charge in [0.25, 0.3) is 0 Å². The number of aryl methyl sites for hydroxylation is 1. The zero-order valence-electron chi connectivity index (χ0n) is 12.4. The fourth-order valence-corrected chi connectivity index (χ4v) is 2.77. The summed E-state index contributed by atoms with van der Waals surface area (Å²) < 4.78 is 0. The highest BCUT2D eigenvalue weighted by Crippen LogP contribution is 2.40. The molecule has 0 radical (unpaired) electrons. The Balaban J connectivity index is 1.69. The van der Waals surface area contributed by atoms with Crippen LogP contribution in [0.2, 0.25) is 0 Å². The van der Waals surface area contributed by atoms with Crippen LogP contribution in [0.4, 0.5) is 0 Å². The molecule has 1 unspecified atom stereocenters. The Hall–Kier alpha value is -2.09. The standard InChI is InChI=1S/C19H21NO/c1-14-7-5-6-10-17(14)13-18(21)20-19(16-11-12-16)15-8-3-2-4-9-15/h2-10,16,19H,11-13H2,1H3,(H,20,21). The van der Waals surface area contributed by atoms with Crippen molar-refractivity contribution in [1.82, 2.24) is 5.32 Å². The summed E-state index contributed by atoms with van der Waals surface area (Å²) in [4.78, 5) is 12.4. The summed E-state index contributed by atoms with van der Waals surface area (Å²) >= 11 is 0. The van der Waals surface area contributed by atoms with Gasteiger partial charge in [0, 0.05) is 0 Å². The molecular formula is C19H21NO. The van der Waals surface area contributed by atoms with Crippen molar-refractivity contribution in [3.63, 3.8) is 0 Å². The van der Waals surface area contributed by atoms with Gasteiger partial charge in [-0.2, -0.15) is 0 Å². The SMILES string of the molecule is Cc1ccccc1CC(=O)NC(c1ccccc1)C1CC1. The van der Waals surface area contributed by atoms with Crippen molar-refractivity contribution < 1.29 is 4.79 Å². The first-order chi connectivity index (χ1) is 10.2. The highest BCUT2D eigenvalue weighted by Gasteiger charge is 2.33. The highest BCUT2D eigenvalue weighted by molar-refractivity contribution is 5.79. The van der Waals surface area contributed by atoms with E-state index in [9.17, 15) is 4.79 Å². The Morgan fingerprint density at radius 2 is 1.76 bits per heavy atom. The predicted molar refractivity (Wildman–Crippen MR) is 84.9 cm³/mol. The molecule has 2 heteroatoms. The third-order valence-corrected chi connectivity index (χ3v) is 4.18. The minimum Gasteiger partial charge on any atom is -0.349 e. The smallest absolute Gasteiger partial charge is 0.224 e. The zero-order chi connectivity index (χ0) is 14.7. The van der Waals surface area contributed by atoms with Gasteiger partial charge in [-0.25, -0.2) is 0 Å². The fraction of sp³-hybridized carbons (Fsp3) is 0.316. The van der Waals surface area contributed by atoms with E-state index in [1.807, 2.05) is 36.4 Å². The second-order valence-corrected chi connectivity index (χ2v) is 5.90. The normalized spacial score (nSPS) is 15.5. The molecule has 3 rings (SSSR count). The molecule has 0 aromatic heterocycles. The number of amides is 1. The quantitative estimate of drug-likeness (QED) is 0.886. The fourth-order valence-electron chi connectivity index (χ4n) is 2.77. The first-order valence-corrected chi connectivity index (χ1v) is 7.63. The largest absolute Gasteiger partial charge is 0.349 e. The van der Waals surface area contributed by atoms with Crippen molar-refractivity contribution in [1.29, 1.82) is 0 Å². The molecule has 2 nitrogen and oxygen atoms in total. The number of carbonyl (C=O) groups is 1. The van der Waals surface area contributed by atoms with E-state index in [1.165, 1.54) is 24.0 Å². The van der Waals surface area contributed by atoms with Gasteiger partial charge in [-0.3, -0.25) is 4.79 Å². The van der Waals surface area contributed by atoms with E-state index in [2.05, 4.69) is 30.4 Å². The van der Waals surface area contributed by atoms with E-state index < -0.39 is 0 Å². The molecular weight excluding hydrogens is 258 g/mol. The maximum atomic E-state index is 12.4. The van der Waals surface area contributed by atoms with Gasteiger partial charge in [0.2, 0.25) is 5.91 Å². The summed E-state index contributed by atoms with van der Waals surface area (Å²) in [5.74, 6) is 0.721. The van der Waals surface area contributed by atoms with E-state index in [0.717, 1.165) is 5.56 Å². The highest BCUT2D eigenvalue weighted by atomic mass is 16.1. The number of benzene rings is 2. The molecule has 1 N–H and O–H groups in total. The number of hydrogen-bond acceptors (Lipinski definition) is 1. The molecule has 21 heavy (non-hydrogen) atoms. The minimum absolute atomic E-state index is 0.116. The van der Waals surface area contributed by atoms with Gasteiger partial charge in [0.1, 0.15) is 0 Å². The Labute approximate surface area is 126 Å². The number of carbonyl (C=O) groups excluding carboxylic acids is 1. The average Bonchev–Trinajstić information content (AvgIpc) is 3.33. The van der Waals surface area contributed by atoms with Crippen molar-refractivity contribution in [2.75, 3.05) is 0 Å². The third kappa shape index (κ3) is 3.52. The van der Waals surface area contributed by atoms with Crippen LogP contribution in [-0.2, 0) is 11.2 Å². The van der Waals surface area contributed by atoms with Crippen LogP contribution in [0.25, 0.3) is 0 Å². The summed E-state index contributed by atoms with van der Waals surface area (Å²) in [6.45, 7) is 2.05. The van der Waals surface area contributed by atoms with Gasteiger partial charge in [-0.1, -0.05) is 54.6 Å². The van der Waals surface area contributed by atoms with Crippen LogP contribution in [-0.4, -0.2) is 5.91 Å². The average molecular weight is 279 g/mol. The third-order valence-electron chi connectivity index (χ3n) is 4.18. The molecule has 1 saturated carbocycles. The predicted octanol–water partition coefficient (Wildman–Crippen LogP) is 3.81. The number of nitrogens with one attached hydrogen (secondary N) is 1. The Bertz CT molecular complexity index is 616. The Kier molecular flexibility index (Phi) is 4.05. The molecule has 1 aliphatic rings. The van der Waals surface area contributed by atoms with E-state index >= 15 is 0 Å². The molecule has 2 aromatic carbocycles.